The van der Waals surface area contributed by atoms with Crippen LogP contribution in [0.3, 0.4) is 0 Å². The second-order valence-electron chi connectivity index (χ2n) is 6.72. The first-order valence-corrected chi connectivity index (χ1v) is 8.93. The van der Waals surface area contributed by atoms with E-state index in [1.54, 1.807) is 18.5 Å². The first kappa shape index (κ1) is 17.1. The van der Waals surface area contributed by atoms with Gasteiger partial charge in [-0.2, -0.15) is 0 Å². The summed E-state index contributed by atoms with van der Waals surface area (Å²) in [4.78, 5) is 17.1. The SMILES string of the molecule is Cc1ccc(C)c(Cn2c(C(=O)NCc3ccccn3)cc3occc32)c1. The van der Waals surface area contributed by atoms with Crippen molar-refractivity contribution in [3.8, 4) is 0 Å². The number of carbonyl (C=O) groups is 1. The summed E-state index contributed by atoms with van der Waals surface area (Å²) in [6.45, 7) is 5.16. The van der Waals surface area contributed by atoms with Gasteiger partial charge < -0.3 is 14.3 Å². The molecular weight excluding hydrogens is 338 g/mol. The van der Waals surface area contributed by atoms with Gasteiger partial charge in [0.1, 0.15) is 5.69 Å². The Kier molecular flexibility index (Phi) is 4.50. The lowest BCUT2D eigenvalue weighted by Gasteiger charge is -2.13. The van der Waals surface area contributed by atoms with Gasteiger partial charge in [0.2, 0.25) is 0 Å². The normalized spacial score (nSPS) is 11.0. The molecule has 3 aromatic heterocycles. The van der Waals surface area contributed by atoms with E-state index in [0.29, 0.717) is 24.4 Å². The Hall–Kier alpha value is -3.34. The molecule has 0 unspecified atom stereocenters. The molecule has 136 valence electrons. The van der Waals surface area contributed by atoms with Crippen LogP contribution >= 0.6 is 0 Å². The van der Waals surface area contributed by atoms with Crippen molar-refractivity contribution in [3.63, 3.8) is 0 Å². The minimum atomic E-state index is -0.141. The first-order valence-electron chi connectivity index (χ1n) is 8.93. The maximum absolute atomic E-state index is 12.8. The van der Waals surface area contributed by atoms with Crippen LogP contribution in [0.15, 0.2) is 65.4 Å². The summed E-state index contributed by atoms with van der Waals surface area (Å²) in [6.07, 6.45) is 3.37. The smallest absolute Gasteiger partial charge is 0.268 e. The molecule has 0 spiro atoms. The van der Waals surface area contributed by atoms with Crippen molar-refractivity contribution < 1.29 is 9.21 Å². The zero-order valence-electron chi connectivity index (χ0n) is 15.4. The van der Waals surface area contributed by atoms with Gasteiger partial charge in [-0.25, -0.2) is 0 Å². The van der Waals surface area contributed by atoms with Crippen LogP contribution in [0.25, 0.3) is 11.1 Å². The Morgan fingerprint density at radius 2 is 2.04 bits per heavy atom. The maximum atomic E-state index is 12.8. The molecule has 5 heteroatoms. The number of nitrogens with zero attached hydrogens (tertiary/aromatic N) is 2. The third-order valence-electron chi connectivity index (χ3n) is 4.74. The van der Waals surface area contributed by atoms with E-state index in [2.05, 4.69) is 42.3 Å². The number of carbonyl (C=O) groups excluding carboxylic acids is 1. The van der Waals surface area contributed by atoms with Crippen molar-refractivity contribution in [2.45, 2.75) is 26.9 Å². The molecule has 0 atom stereocenters. The summed E-state index contributed by atoms with van der Waals surface area (Å²) in [7, 11) is 0. The highest BCUT2D eigenvalue weighted by atomic mass is 16.3. The lowest BCUT2D eigenvalue weighted by Crippen LogP contribution is -2.26. The van der Waals surface area contributed by atoms with E-state index in [1.165, 1.54) is 16.7 Å². The molecule has 0 saturated carbocycles. The summed E-state index contributed by atoms with van der Waals surface area (Å²) in [5.74, 6) is -0.141. The summed E-state index contributed by atoms with van der Waals surface area (Å²) < 4.78 is 7.54. The average Bonchev–Trinajstić information content (AvgIpc) is 3.26. The third-order valence-corrected chi connectivity index (χ3v) is 4.74. The number of furan rings is 1. The first-order chi connectivity index (χ1) is 13.1. The molecule has 0 fully saturated rings. The van der Waals surface area contributed by atoms with Gasteiger partial charge >= 0.3 is 0 Å². The zero-order chi connectivity index (χ0) is 18.8. The Morgan fingerprint density at radius 1 is 1.15 bits per heavy atom. The van der Waals surface area contributed by atoms with Crippen molar-refractivity contribution in [2.24, 2.45) is 0 Å². The molecule has 0 bridgehead atoms. The highest BCUT2D eigenvalue weighted by Crippen LogP contribution is 2.24. The van der Waals surface area contributed by atoms with Gasteiger partial charge in [0, 0.05) is 24.9 Å². The van der Waals surface area contributed by atoms with Crippen molar-refractivity contribution in [2.75, 3.05) is 0 Å². The fourth-order valence-corrected chi connectivity index (χ4v) is 3.24. The molecule has 0 aliphatic heterocycles. The van der Waals surface area contributed by atoms with E-state index < -0.39 is 0 Å². The predicted molar refractivity (Wildman–Crippen MR) is 105 cm³/mol. The molecule has 0 radical (unpaired) electrons. The van der Waals surface area contributed by atoms with Crippen LogP contribution in [0.2, 0.25) is 0 Å². The van der Waals surface area contributed by atoms with Crippen LogP contribution in [0.1, 0.15) is 32.9 Å². The monoisotopic (exact) mass is 359 g/mol. The van der Waals surface area contributed by atoms with E-state index >= 15 is 0 Å². The second kappa shape index (κ2) is 7.11. The van der Waals surface area contributed by atoms with Gasteiger partial charge in [0.25, 0.3) is 5.91 Å². The van der Waals surface area contributed by atoms with E-state index in [1.807, 2.05) is 28.8 Å². The Balaban J connectivity index is 1.64. The van der Waals surface area contributed by atoms with Crippen molar-refractivity contribution in [1.82, 2.24) is 14.9 Å². The van der Waals surface area contributed by atoms with Crippen LogP contribution < -0.4 is 5.32 Å². The molecule has 5 nitrogen and oxygen atoms in total. The second-order valence-corrected chi connectivity index (χ2v) is 6.72. The largest absolute Gasteiger partial charge is 0.463 e. The van der Waals surface area contributed by atoms with Crippen molar-refractivity contribution in [3.05, 3.63) is 89.1 Å². The molecule has 0 aliphatic rings. The van der Waals surface area contributed by atoms with Gasteiger partial charge in [-0.3, -0.25) is 9.78 Å². The number of hydrogen-bond donors (Lipinski definition) is 1. The highest BCUT2D eigenvalue weighted by molar-refractivity contribution is 5.97. The van der Waals surface area contributed by atoms with E-state index in [-0.39, 0.29) is 5.91 Å². The summed E-state index contributed by atoms with van der Waals surface area (Å²) in [5, 5.41) is 2.95. The molecule has 0 aliphatic carbocycles. The van der Waals surface area contributed by atoms with Gasteiger partial charge in [0.05, 0.1) is 24.0 Å². The minimum absolute atomic E-state index is 0.141. The molecule has 0 saturated heterocycles. The number of amides is 1. The molecule has 27 heavy (non-hydrogen) atoms. The molecule has 1 N–H and O–H groups in total. The number of aryl methyl sites for hydroxylation is 2. The number of nitrogens with one attached hydrogen (secondary N) is 1. The molecule has 4 aromatic rings. The molecule has 3 heterocycles. The van der Waals surface area contributed by atoms with Crippen LogP contribution in [0, 0.1) is 13.8 Å². The lowest BCUT2D eigenvalue weighted by molar-refractivity contribution is 0.0942. The van der Waals surface area contributed by atoms with E-state index in [4.69, 9.17) is 4.42 Å². The summed E-state index contributed by atoms with van der Waals surface area (Å²) in [6, 6.07) is 15.7. The van der Waals surface area contributed by atoms with Crippen LogP contribution in [0.5, 0.6) is 0 Å². The fraction of sp³-hybridized carbons (Fsp3) is 0.182. The van der Waals surface area contributed by atoms with Crippen molar-refractivity contribution >= 4 is 17.0 Å². The Morgan fingerprint density at radius 3 is 2.85 bits per heavy atom. The lowest BCUT2D eigenvalue weighted by atomic mass is 10.1. The average molecular weight is 359 g/mol. The summed E-state index contributed by atoms with van der Waals surface area (Å²) >= 11 is 0. The number of rotatable bonds is 5. The van der Waals surface area contributed by atoms with Crippen LogP contribution in [-0.2, 0) is 13.1 Å². The molecule has 4 rings (SSSR count). The Bertz CT molecular complexity index is 1090. The van der Waals surface area contributed by atoms with Gasteiger partial charge in [-0.05, 0) is 37.1 Å². The van der Waals surface area contributed by atoms with E-state index in [9.17, 15) is 4.79 Å². The maximum Gasteiger partial charge on any atom is 0.268 e. The number of hydrogen-bond acceptors (Lipinski definition) is 3. The van der Waals surface area contributed by atoms with Gasteiger partial charge in [0.15, 0.2) is 5.58 Å². The van der Waals surface area contributed by atoms with Gasteiger partial charge in [-0.15, -0.1) is 0 Å². The van der Waals surface area contributed by atoms with Gasteiger partial charge in [-0.1, -0.05) is 29.8 Å². The van der Waals surface area contributed by atoms with Crippen LogP contribution in [0.4, 0.5) is 0 Å². The van der Waals surface area contributed by atoms with E-state index in [0.717, 1.165) is 11.2 Å². The predicted octanol–water partition coefficient (Wildman–Crippen LogP) is 4.22. The molecule has 1 aromatic carbocycles. The fourth-order valence-electron chi connectivity index (χ4n) is 3.24. The number of aromatic nitrogens is 2. The third kappa shape index (κ3) is 3.49. The standard InChI is InChI=1S/C22H21N3O2/c1-15-6-7-16(2)17(11-15)14-25-19-8-10-27-21(19)12-20(25)22(26)24-13-18-5-3-4-9-23-18/h3-12H,13-14H2,1-2H3,(H,24,26). The molecular formula is C22H21N3O2. The topological polar surface area (TPSA) is 60.1 Å². The highest BCUT2D eigenvalue weighted by Gasteiger charge is 2.18. The minimum Gasteiger partial charge on any atom is -0.463 e. The Labute approximate surface area is 157 Å². The summed E-state index contributed by atoms with van der Waals surface area (Å²) in [5.41, 5.74) is 6.62. The number of benzene rings is 1. The molecule has 1 amide bonds. The van der Waals surface area contributed by atoms with Crippen LogP contribution in [-0.4, -0.2) is 15.5 Å². The number of pyridine rings is 1. The zero-order valence-corrected chi connectivity index (χ0v) is 15.4. The number of fused-ring (bicyclic) bond motifs is 1. The quantitative estimate of drug-likeness (QED) is 0.580. The van der Waals surface area contributed by atoms with Crippen molar-refractivity contribution in [1.29, 1.82) is 0 Å².